The van der Waals surface area contributed by atoms with E-state index in [4.69, 9.17) is 9.47 Å². The van der Waals surface area contributed by atoms with E-state index in [2.05, 4.69) is 4.74 Å². The van der Waals surface area contributed by atoms with Crippen LogP contribution in [0.2, 0.25) is 0 Å². The second-order valence-corrected chi connectivity index (χ2v) is 3.40. The normalized spacial score (nSPS) is 10.3. The zero-order valence-electron chi connectivity index (χ0n) is 11.1. The zero-order valence-corrected chi connectivity index (χ0v) is 11.1. The minimum atomic E-state index is -1.26. The molecule has 0 spiro atoms. The molecule has 0 saturated carbocycles. The first-order valence-electron chi connectivity index (χ1n) is 5.58. The molecule has 0 aromatic rings. The number of hydrogen-bond acceptors (Lipinski definition) is 7. The number of carbonyl (C=O) groups is 3. The van der Waals surface area contributed by atoms with Gasteiger partial charge in [-0.1, -0.05) is 0 Å². The lowest BCUT2D eigenvalue weighted by atomic mass is 10.2. The van der Waals surface area contributed by atoms with Crippen molar-refractivity contribution in [2.45, 2.75) is 19.9 Å². The van der Waals surface area contributed by atoms with Crippen molar-refractivity contribution in [2.75, 3.05) is 33.9 Å². The topological polar surface area (TPSA) is 82.1 Å². The van der Waals surface area contributed by atoms with Crippen molar-refractivity contribution in [3.05, 3.63) is 0 Å². The summed E-state index contributed by atoms with van der Waals surface area (Å²) in [5.41, 5.74) is 0. The minimum absolute atomic E-state index is 0.140. The largest absolute Gasteiger partial charge is 0.468 e. The smallest absolute Gasteiger partial charge is 0.335 e. The first kappa shape index (κ1) is 16.4. The molecule has 0 unspecified atom stereocenters. The Labute approximate surface area is 106 Å². The summed E-state index contributed by atoms with van der Waals surface area (Å²) in [6.07, 6.45) is 0. The van der Waals surface area contributed by atoms with Gasteiger partial charge in [0.05, 0.1) is 26.9 Å². The molecule has 0 heterocycles. The highest BCUT2D eigenvalue weighted by molar-refractivity contribution is 5.99. The van der Waals surface area contributed by atoms with Crippen molar-refractivity contribution >= 4 is 17.9 Å². The van der Waals surface area contributed by atoms with Gasteiger partial charge in [-0.3, -0.25) is 9.69 Å². The summed E-state index contributed by atoms with van der Waals surface area (Å²) in [4.78, 5) is 35.7. The number of methoxy groups -OCH3 is 1. The third kappa shape index (κ3) is 5.13. The molecular weight excluding hydrogens is 242 g/mol. The van der Waals surface area contributed by atoms with Crippen molar-refractivity contribution in [2.24, 2.45) is 0 Å². The Morgan fingerprint density at radius 1 is 1.06 bits per heavy atom. The maximum absolute atomic E-state index is 11.7. The molecule has 0 rings (SSSR count). The van der Waals surface area contributed by atoms with E-state index in [1.54, 1.807) is 13.8 Å². The maximum atomic E-state index is 11.7. The van der Waals surface area contributed by atoms with Crippen LogP contribution >= 0.6 is 0 Å². The number of nitrogens with zero attached hydrogens (tertiary/aromatic N) is 1. The first-order chi connectivity index (χ1) is 8.47. The highest BCUT2D eigenvalue weighted by atomic mass is 16.6. The van der Waals surface area contributed by atoms with E-state index in [0.717, 1.165) is 0 Å². The summed E-state index contributed by atoms with van der Waals surface area (Å²) >= 11 is 0. The summed E-state index contributed by atoms with van der Waals surface area (Å²) in [5, 5.41) is 0. The number of hydrogen-bond donors (Lipinski definition) is 0. The van der Waals surface area contributed by atoms with Crippen LogP contribution in [0.4, 0.5) is 0 Å². The lowest BCUT2D eigenvalue weighted by Gasteiger charge is -2.23. The number of ether oxygens (including phenoxy) is 3. The van der Waals surface area contributed by atoms with E-state index in [-0.39, 0.29) is 19.8 Å². The Kier molecular flexibility index (Phi) is 7.69. The summed E-state index contributed by atoms with van der Waals surface area (Å²) in [5.74, 6) is -2.05. The second-order valence-electron chi connectivity index (χ2n) is 3.40. The summed E-state index contributed by atoms with van der Waals surface area (Å²) in [7, 11) is 2.66. The Hall–Kier alpha value is -1.63. The van der Waals surface area contributed by atoms with Gasteiger partial charge in [-0.25, -0.2) is 9.59 Å². The Morgan fingerprint density at radius 2 is 1.50 bits per heavy atom. The fourth-order valence-corrected chi connectivity index (χ4v) is 1.26. The van der Waals surface area contributed by atoms with E-state index in [9.17, 15) is 14.4 Å². The van der Waals surface area contributed by atoms with E-state index >= 15 is 0 Å². The fraction of sp³-hybridized carbons (Fsp3) is 0.727. The molecule has 0 aliphatic rings. The lowest BCUT2D eigenvalue weighted by Crippen LogP contribution is -2.48. The van der Waals surface area contributed by atoms with Crippen molar-refractivity contribution in [3.63, 3.8) is 0 Å². The Balaban J connectivity index is 4.78. The van der Waals surface area contributed by atoms with Crippen LogP contribution in [0, 0.1) is 0 Å². The summed E-state index contributed by atoms with van der Waals surface area (Å²) < 4.78 is 14.0. The molecule has 0 bridgehead atoms. The molecule has 0 atom stereocenters. The lowest BCUT2D eigenvalue weighted by molar-refractivity contribution is -0.163. The van der Waals surface area contributed by atoms with E-state index in [1.165, 1.54) is 19.1 Å². The summed E-state index contributed by atoms with van der Waals surface area (Å²) in [6, 6.07) is -1.26. The first-order valence-corrected chi connectivity index (χ1v) is 5.58. The van der Waals surface area contributed by atoms with Crippen molar-refractivity contribution < 1.29 is 28.6 Å². The molecular formula is C11H19NO6. The van der Waals surface area contributed by atoms with Gasteiger partial charge in [-0.05, 0) is 20.9 Å². The number of rotatable bonds is 7. The molecule has 7 heteroatoms. The van der Waals surface area contributed by atoms with Crippen molar-refractivity contribution in [3.8, 4) is 0 Å². The maximum Gasteiger partial charge on any atom is 0.335 e. The van der Waals surface area contributed by atoms with Crippen molar-refractivity contribution in [1.29, 1.82) is 0 Å². The molecule has 0 aromatic heterocycles. The van der Waals surface area contributed by atoms with Crippen LogP contribution in [0.1, 0.15) is 13.8 Å². The third-order valence-corrected chi connectivity index (χ3v) is 2.07. The zero-order chi connectivity index (χ0) is 14.1. The van der Waals surface area contributed by atoms with Gasteiger partial charge in [0, 0.05) is 0 Å². The van der Waals surface area contributed by atoms with Gasteiger partial charge >= 0.3 is 17.9 Å². The van der Waals surface area contributed by atoms with Crippen molar-refractivity contribution in [1.82, 2.24) is 4.90 Å². The van der Waals surface area contributed by atoms with E-state index in [0.29, 0.717) is 0 Å². The molecule has 0 N–H and O–H groups in total. The van der Waals surface area contributed by atoms with Crippen LogP contribution in [0.25, 0.3) is 0 Å². The monoisotopic (exact) mass is 261 g/mol. The molecule has 0 saturated heterocycles. The molecule has 0 aliphatic heterocycles. The fourth-order valence-electron chi connectivity index (χ4n) is 1.26. The number of likely N-dealkylation sites (N-methyl/N-ethyl adjacent to an activating group) is 1. The van der Waals surface area contributed by atoms with Gasteiger partial charge in [-0.15, -0.1) is 0 Å². The predicted molar refractivity (Wildman–Crippen MR) is 61.7 cm³/mol. The number of carbonyl (C=O) groups excluding carboxylic acids is 3. The van der Waals surface area contributed by atoms with Crippen LogP contribution in [0.15, 0.2) is 0 Å². The molecule has 0 radical (unpaired) electrons. The van der Waals surface area contributed by atoms with E-state index in [1.807, 2.05) is 0 Å². The molecule has 0 aromatic carbocycles. The minimum Gasteiger partial charge on any atom is -0.468 e. The molecule has 0 fully saturated rings. The highest BCUT2D eigenvalue weighted by Gasteiger charge is 2.34. The van der Waals surface area contributed by atoms with Gasteiger partial charge in [0.15, 0.2) is 0 Å². The third-order valence-electron chi connectivity index (χ3n) is 2.07. The number of esters is 3. The van der Waals surface area contributed by atoms with Gasteiger partial charge in [0.2, 0.25) is 6.04 Å². The predicted octanol–water partition coefficient (Wildman–Crippen LogP) is -0.414. The quantitative estimate of drug-likeness (QED) is 0.350. The van der Waals surface area contributed by atoms with Crippen LogP contribution in [0.5, 0.6) is 0 Å². The second kappa shape index (κ2) is 8.46. The molecule has 18 heavy (non-hydrogen) atoms. The summed E-state index contributed by atoms with van der Waals surface area (Å²) in [6.45, 7) is 3.32. The standard InChI is InChI=1S/C11H19NO6/c1-5-17-10(14)9(11(15)18-6-2)12(3)7-8(13)16-4/h9H,5-7H2,1-4H3. The van der Waals surface area contributed by atoms with E-state index < -0.39 is 23.9 Å². The molecule has 7 nitrogen and oxygen atoms in total. The van der Waals surface area contributed by atoms with Crippen LogP contribution in [0.3, 0.4) is 0 Å². The van der Waals surface area contributed by atoms with Crippen LogP contribution in [-0.2, 0) is 28.6 Å². The Bertz CT molecular complexity index is 286. The van der Waals surface area contributed by atoms with Gasteiger partial charge < -0.3 is 14.2 Å². The highest BCUT2D eigenvalue weighted by Crippen LogP contribution is 2.03. The molecule has 0 aliphatic carbocycles. The van der Waals surface area contributed by atoms with Gasteiger partial charge in [0.25, 0.3) is 0 Å². The average Bonchev–Trinajstić information content (AvgIpc) is 2.29. The average molecular weight is 261 g/mol. The van der Waals surface area contributed by atoms with Crippen LogP contribution < -0.4 is 0 Å². The molecule has 104 valence electrons. The van der Waals surface area contributed by atoms with Crippen LogP contribution in [-0.4, -0.2) is 62.8 Å². The van der Waals surface area contributed by atoms with Gasteiger partial charge in [0.1, 0.15) is 0 Å². The van der Waals surface area contributed by atoms with Gasteiger partial charge in [-0.2, -0.15) is 0 Å². The molecule has 0 amide bonds. The Morgan fingerprint density at radius 3 is 1.83 bits per heavy atom. The SMILES string of the molecule is CCOC(=O)C(C(=O)OCC)N(C)CC(=O)OC.